The highest BCUT2D eigenvalue weighted by atomic mass is 16.6. The van der Waals surface area contributed by atoms with E-state index in [1.807, 2.05) is 0 Å². The van der Waals surface area contributed by atoms with E-state index in [1.165, 1.54) is 32.4 Å². The van der Waals surface area contributed by atoms with Gasteiger partial charge in [0.25, 0.3) is 0 Å². The summed E-state index contributed by atoms with van der Waals surface area (Å²) < 4.78 is 13.6. The lowest BCUT2D eigenvalue weighted by Gasteiger charge is -2.31. The monoisotopic (exact) mass is 372 g/mol. The molecule has 0 aliphatic rings. The molecule has 1 aromatic carbocycles. The van der Waals surface area contributed by atoms with Crippen LogP contribution in [0.1, 0.15) is 48.4 Å². The third-order valence-corrected chi connectivity index (χ3v) is 3.49. The molecule has 0 saturated heterocycles. The number of carbonyl (C=O) groups is 2. The molecular formula is C16H25BO9. The average molecular weight is 372 g/mol. The molecule has 0 saturated carbocycles. The molecule has 1 rings (SSSR count). The van der Waals surface area contributed by atoms with Crippen LogP contribution in [0, 0.1) is 0 Å². The summed E-state index contributed by atoms with van der Waals surface area (Å²) in [5.74, 6) is -1.47. The van der Waals surface area contributed by atoms with Crippen molar-refractivity contribution in [2.75, 3.05) is 14.2 Å². The van der Waals surface area contributed by atoms with Crippen LogP contribution in [0.2, 0.25) is 0 Å². The molecule has 0 unspecified atom stereocenters. The Kier molecular flexibility index (Phi) is 8.75. The third kappa shape index (κ3) is 7.83. The van der Waals surface area contributed by atoms with Crippen LogP contribution in [0.15, 0.2) is 18.2 Å². The first-order valence-corrected chi connectivity index (χ1v) is 7.52. The maximum atomic E-state index is 11.4. The lowest BCUT2D eigenvalue weighted by Crippen LogP contribution is -2.44. The summed E-state index contributed by atoms with van der Waals surface area (Å²) in [6, 6.07) is 3.66. The van der Waals surface area contributed by atoms with Gasteiger partial charge in [0, 0.05) is 0 Å². The molecular weight excluding hydrogens is 347 g/mol. The van der Waals surface area contributed by atoms with E-state index in [1.54, 1.807) is 27.7 Å². The number of hydrogen-bond acceptors (Lipinski definition) is 9. The maximum Gasteiger partial charge on any atom is 0.707 e. The molecule has 26 heavy (non-hydrogen) atoms. The second-order valence-electron chi connectivity index (χ2n) is 6.29. The van der Waals surface area contributed by atoms with Gasteiger partial charge in [-0.1, -0.05) is 0 Å². The first kappa shape index (κ1) is 23.9. The van der Waals surface area contributed by atoms with Gasteiger partial charge < -0.3 is 34.4 Å². The topological polar surface area (TPSA) is 143 Å². The van der Waals surface area contributed by atoms with E-state index in [2.05, 4.69) is 14.1 Å². The number of rotatable bonds is 5. The summed E-state index contributed by atoms with van der Waals surface area (Å²) in [7, 11) is 0.284. The van der Waals surface area contributed by atoms with E-state index in [0.29, 0.717) is 0 Å². The Bertz CT molecular complexity index is 569. The van der Waals surface area contributed by atoms with Crippen LogP contribution in [0.4, 0.5) is 0 Å². The Balaban J connectivity index is 0.000000660. The largest absolute Gasteiger partial charge is 0.707 e. The van der Waals surface area contributed by atoms with E-state index in [9.17, 15) is 9.59 Å². The molecule has 0 aliphatic carbocycles. The molecule has 0 heterocycles. The highest BCUT2D eigenvalue weighted by molar-refractivity contribution is 6.33. The molecule has 146 valence electrons. The Hall–Kier alpha value is -2.14. The van der Waals surface area contributed by atoms with Crippen LogP contribution >= 0.6 is 0 Å². The fourth-order valence-corrected chi connectivity index (χ4v) is 1.26. The van der Waals surface area contributed by atoms with Crippen LogP contribution < -0.4 is 4.65 Å². The van der Waals surface area contributed by atoms with Crippen molar-refractivity contribution in [2.45, 2.75) is 38.9 Å². The Labute approximate surface area is 152 Å². The van der Waals surface area contributed by atoms with Gasteiger partial charge in [0.05, 0.1) is 36.5 Å². The number of esters is 2. The smallest absolute Gasteiger partial charge is 0.512 e. The van der Waals surface area contributed by atoms with Crippen LogP contribution in [0.5, 0.6) is 5.75 Å². The number of benzene rings is 1. The number of aliphatic hydroxyl groups is 2. The SMILES string of the molecule is CC(C)(O)C(C)(C)O.COC(=O)c1cc(OB(O)O)cc(C(=O)OC)c1. The zero-order chi connectivity index (χ0) is 20.7. The molecule has 0 atom stereocenters. The molecule has 1 aromatic rings. The Morgan fingerprint density at radius 2 is 1.19 bits per heavy atom. The van der Waals surface area contributed by atoms with Gasteiger partial charge in [-0.3, -0.25) is 0 Å². The molecule has 10 heteroatoms. The molecule has 0 aromatic heterocycles. The average Bonchev–Trinajstić information content (AvgIpc) is 2.51. The van der Waals surface area contributed by atoms with Crippen molar-refractivity contribution < 1.29 is 44.0 Å². The van der Waals surface area contributed by atoms with E-state index in [4.69, 9.17) is 20.3 Å². The number of hydrogen-bond donors (Lipinski definition) is 4. The fraction of sp³-hybridized carbons (Fsp3) is 0.500. The maximum absolute atomic E-state index is 11.4. The molecule has 9 nitrogen and oxygen atoms in total. The zero-order valence-corrected chi connectivity index (χ0v) is 15.6. The van der Waals surface area contributed by atoms with Crippen molar-refractivity contribution in [3.63, 3.8) is 0 Å². The molecule has 0 bridgehead atoms. The summed E-state index contributed by atoms with van der Waals surface area (Å²) in [6.45, 7) is 6.31. The number of methoxy groups -OCH3 is 2. The second-order valence-corrected chi connectivity index (χ2v) is 6.29. The minimum atomic E-state index is -2.07. The lowest BCUT2D eigenvalue weighted by atomic mass is 9.90. The van der Waals surface area contributed by atoms with E-state index >= 15 is 0 Å². The van der Waals surface area contributed by atoms with Crippen molar-refractivity contribution >= 4 is 19.3 Å². The van der Waals surface area contributed by atoms with E-state index in [0.717, 1.165) is 0 Å². The summed E-state index contributed by atoms with van der Waals surface area (Å²) in [5, 5.41) is 35.6. The van der Waals surface area contributed by atoms with Crippen LogP contribution in [0.3, 0.4) is 0 Å². The zero-order valence-electron chi connectivity index (χ0n) is 15.6. The lowest BCUT2D eigenvalue weighted by molar-refractivity contribution is -0.107. The molecule has 0 radical (unpaired) electrons. The predicted octanol–water partition coefficient (Wildman–Crippen LogP) is 0.136. The van der Waals surface area contributed by atoms with Crippen molar-refractivity contribution in [1.29, 1.82) is 0 Å². The van der Waals surface area contributed by atoms with Crippen molar-refractivity contribution in [3.8, 4) is 5.75 Å². The Morgan fingerprint density at radius 1 is 0.846 bits per heavy atom. The molecule has 4 N–H and O–H groups in total. The first-order chi connectivity index (χ1) is 11.7. The van der Waals surface area contributed by atoms with Gasteiger partial charge >= 0.3 is 19.3 Å². The Morgan fingerprint density at radius 3 is 1.42 bits per heavy atom. The minimum Gasteiger partial charge on any atom is -0.512 e. The summed E-state index contributed by atoms with van der Waals surface area (Å²) >= 11 is 0. The van der Waals surface area contributed by atoms with Crippen LogP contribution in [0.25, 0.3) is 0 Å². The highest BCUT2D eigenvalue weighted by Crippen LogP contribution is 2.20. The first-order valence-electron chi connectivity index (χ1n) is 7.52. The van der Waals surface area contributed by atoms with Crippen LogP contribution in [-0.2, 0) is 9.47 Å². The van der Waals surface area contributed by atoms with E-state index < -0.39 is 30.5 Å². The standard InChI is InChI=1S/C10H11BO7.C6H14O2/c1-16-9(12)6-3-7(10(13)17-2)5-8(4-6)18-11(14)15;1-5(2,7)6(3,4)8/h3-5,14-15H,1-2H3;7-8H,1-4H3. The molecule has 0 aliphatic heterocycles. The quantitative estimate of drug-likeness (QED) is 0.419. The van der Waals surface area contributed by atoms with E-state index in [-0.39, 0.29) is 16.9 Å². The van der Waals surface area contributed by atoms with Gasteiger partial charge in [0.15, 0.2) is 0 Å². The normalized spacial score (nSPS) is 11.0. The number of ether oxygens (including phenoxy) is 2. The van der Waals surface area contributed by atoms with Gasteiger partial charge in [-0.25, -0.2) is 9.59 Å². The fourth-order valence-electron chi connectivity index (χ4n) is 1.26. The molecule has 0 amide bonds. The van der Waals surface area contributed by atoms with Gasteiger partial charge in [0.1, 0.15) is 5.75 Å². The minimum absolute atomic E-state index is 0.0241. The summed E-state index contributed by atoms with van der Waals surface area (Å²) in [4.78, 5) is 22.7. The second kappa shape index (κ2) is 9.53. The van der Waals surface area contributed by atoms with Gasteiger partial charge in [-0.05, 0) is 45.9 Å². The molecule has 0 fully saturated rings. The van der Waals surface area contributed by atoms with Gasteiger partial charge in [-0.15, -0.1) is 0 Å². The summed E-state index contributed by atoms with van der Waals surface area (Å²) in [6.07, 6.45) is 0. The van der Waals surface area contributed by atoms with Crippen molar-refractivity contribution in [1.82, 2.24) is 0 Å². The third-order valence-electron chi connectivity index (χ3n) is 3.49. The summed E-state index contributed by atoms with van der Waals surface area (Å²) in [5.41, 5.74) is -1.97. The van der Waals surface area contributed by atoms with Crippen molar-refractivity contribution in [2.24, 2.45) is 0 Å². The van der Waals surface area contributed by atoms with Gasteiger partial charge in [-0.2, -0.15) is 0 Å². The van der Waals surface area contributed by atoms with Gasteiger partial charge in [0.2, 0.25) is 0 Å². The highest BCUT2D eigenvalue weighted by Gasteiger charge is 2.31. The van der Waals surface area contributed by atoms with Crippen LogP contribution in [-0.4, -0.2) is 64.9 Å². The predicted molar refractivity (Wildman–Crippen MR) is 92.5 cm³/mol. The number of carbonyl (C=O) groups excluding carboxylic acids is 2. The molecule has 0 spiro atoms. The van der Waals surface area contributed by atoms with Crippen molar-refractivity contribution in [3.05, 3.63) is 29.3 Å².